The van der Waals surface area contributed by atoms with Gasteiger partial charge in [0, 0.05) is 4.57 Å². The Hall–Kier alpha value is -2.64. The van der Waals surface area contributed by atoms with Gasteiger partial charge in [0.2, 0.25) is 0 Å². The topological polar surface area (TPSA) is 35.5 Å². The van der Waals surface area contributed by atoms with Crippen molar-refractivity contribution >= 4 is 8.25 Å². The average Bonchev–Trinajstić information content (AvgIpc) is 2.61. The van der Waals surface area contributed by atoms with Crippen LogP contribution in [0.3, 0.4) is 0 Å². The maximum absolute atomic E-state index is 11.7. The van der Waals surface area contributed by atoms with Crippen LogP contribution in [0.5, 0.6) is 11.5 Å². The summed E-state index contributed by atoms with van der Waals surface area (Å²) in [7, 11) is -2.20. The van der Waals surface area contributed by atoms with E-state index in [1.807, 2.05) is 74.5 Å². The van der Waals surface area contributed by atoms with E-state index in [9.17, 15) is 4.57 Å². The van der Waals surface area contributed by atoms with Gasteiger partial charge >= 0.3 is 8.25 Å². The summed E-state index contributed by atoms with van der Waals surface area (Å²) in [4.78, 5) is 0. The molecule has 0 fully saturated rings. The van der Waals surface area contributed by atoms with Crippen molar-refractivity contribution in [2.24, 2.45) is 0 Å². The quantitative estimate of drug-likeness (QED) is 0.538. The average molecular weight is 339 g/mol. The molecule has 0 bridgehead atoms. The van der Waals surface area contributed by atoms with E-state index >= 15 is 0 Å². The molecular formula is C20H20O3P+. The normalized spacial score (nSPS) is 9.42. The highest BCUT2D eigenvalue weighted by molar-refractivity contribution is 7.34. The summed E-state index contributed by atoms with van der Waals surface area (Å²) < 4.78 is 22.0. The van der Waals surface area contributed by atoms with Crippen LogP contribution in [0, 0.1) is 13.8 Å². The second-order valence-electron chi connectivity index (χ2n) is 5.19. The molecule has 0 aliphatic rings. The van der Waals surface area contributed by atoms with E-state index in [4.69, 9.17) is 9.05 Å². The summed E-state index contributed by atoms with van der Waals surface area (Å²) in [6.07, 6.45) is 0. The van der Waals surface area contributed by atoms with Crippen LogP contribution in [-0.4, -0.2) is 0 Å². The van der Waals surface area contributed by atoms with Gasteiger partial charge in [0.15, 0.2) is 11.5 Å². The third kappa shape index (κ3) is 6.64. The summed E-state index contributed by atoms with van der Waals surface area (Å²) in [5.41, 5.74) is 2.24. The van der Waals surface area contributed by atoms with Crippen LogP contribution in [0.2, 0.25) is 0 Å². The Morgan fingerprint density at radius 1 is 0.583 bits per heavy atom. The molecule has 0 N–H and O–H groups in total. The first-order valence-electron chi connectivity index (χ1n) is 7.60. The van der Waals surface area contributed by atoms with Gasteiger partial charge < -0.3 is 0 Å². The standard InChI is InChI=1S/C14H14O3P.C6H6/c1-11-3-7-13(8-4-11)16-18(15)17-14-9-5-12(2)6-10-14;1-2-4-6-5-3-1/h3-10H,1-2H3;1-6H/q+1;. The highest BCUT2D eigenvalue weighted by Gasteiger charge is 2.23. The summed E-state index contributed by atoms with van der Waals surface area (Å²) in [6.45, 7) is 3.96. The van der Waals surface area contributed by atoms with Gasteiger partial charge in [0.1, 0.15) is 0 Å². The maximum atomic E-state index is 11.7. The third-order valence-electron chi connectivity index (χ3n) is 3.07. The molecule has 0 aliphatic carbocycles. The molecule has 0 saturated heterocycles. The second-order valence-corrected chi connectivity index (χ2v) is 6.00. The zero-order chi connectivity index (χ0) is 17.2. The van der Waals surface area contributed by atoms with E-state index in [1.54, 1.807) is 24.3 Å². The van der Waals surface area contributed by atoms with Gasteiger partial charge in [-0.15, -0.1) is 0 Å². The van der Waals surface area contributed by atoms with Crippen LogP contribution in [-0.2, 0) is 4.57 Å². The summed E-state index contributed by atoms with van der Waals surface area (Å²) in [5.74, 6) is 1.07. The van der Waals surface area contributed by atoms with Crippen LogP contribution in [0.4, 0.5) is 0 Å². The van der Waals surface area contributed by atoms with Gasteiger partial charge in [-0.1, -0.05) is 71.8 Å². The van der Waals surface area contributed by atoms with Gasteiger partial charge in [-0.05, 0) is 38.1 Å². The molecule has 0 aromatic heterocycles. The number of benzene rings is 3. The minimum atomic E-state index is -2.20. The van der Waals surface area contributed by atoms with Crippen LogP contribution >= 0.6 is 8.25 Å². The number of hydrogen-bond acceptors (Lipinski definition) is 3. The fraction of sp³-hybridized carbons (Fsp3) is 0.100. The molecule has 24 heavy (non-hydrogen) atoms. The second kappa shape index (κ2) is 9.49. The van der Waals surface area contributed by atoms with Crippen LogP contribution < -0.4 is 9.05 Å². The lowest BCUT2D eigenvalue weighted by Crippen LogP contribution is -1.89. The summed E-state index contributed by atoms with van der Waals surface area (Å²) in [6, 6.07) is 26.6. The van der Waals surface area contributed by atoms with Crippen LogP contribution in [0.1, 0.15) is 11.1 Å². The zero-order valence-electron chi connectivity index (χ0n) is 13.8. The molecule has 0 aliphatic heterocycles. The lowest BCUT2D eigenvalue weighted by molar-refractivity contribution is 0.415. The lowest BCUT2D eigenvalue weighted by Gasteiger charge is -1.96. The monoisotopic (exact) mass is 339 g/mol. The van der Waals surface area contributed by atoms with E-state index in [-0.39, 0.29) is 0 Å². The molecule has 0 unspecified atom stereocenters. The molecule has 122 valence electrons. The van der Waals surface area contributed by atoms with E-state index in [0.717, 1.165) is 11.1 Å². The fourth-order valence-corrected chi connectivity index (χ4v) is 2.40. The van der Waals surface area contributed by atoms with E-state index in [0.29, 0.717) is 11.5 Å². The molecule has 0 amide bonds. The Kier molecular flexibility index (Phi) is 7.00. The number of rotatable bonds is 4. The largest absolute Gasteiger partial charge is 0.805 e. The Balaban J connectivity index is 0.000000292. The highest BCUT2D eigenvalue weighted by Crippen LogP contribution is 2.30. The van der Waals surface area contributed by atoms with Crippen molar-refractivity contribution in [3.05, 3.63) is 96.1 Å². The molecule has 0 radical (unpaired) electrons. The molecule has 3 nitrogen and oxygen atoms in total. The SMILES string of the molecule is Cc1ccc(O[P+](=O)Oc2ccc(C)cc2)cc1.c1ccccc1. The fourth-order valence-electron chi connectivity index (χ4n) is 1.77. The minimum absolute atomic E-state index is 0.536. The Labute approximate surface area is 143 Å². The van der Waals surface area contributed by atoms with Crippen LogP contribution in [0.25, 0.3) is 0 Å². The molecule has 0 heterocycles. The molecule has 0 saturated carbocycles. The van der Waals surface area contributed by atoms with E-state index in [1.165, 1.54) is 0 Å². The van der Waals surface area contributed by atoms with Crippen molar-refractivity contribution in [3.8, 4) is 11.5 Å². The van der Waals surface area contributed by atoms with Crippen molar-refractivity contribution in [1.82, 2.24) is 0 Å². The first kappa shape index (κ1) is 17.7. The predicted octanol–water partition coefficient (Wildman–Crippen LogP) is 6.11. The van der Waals surface area contributed by atoms with Crippen LogP contribution in [0.15, 0.2) is 84.9 Å². The first-order valence-corrected chi connectivity index (χ1v) is 8.69. The van der Waals surface area contributed by atoms with Gasteiger partial charge in [-0.3, -0.25) is 0 Å². The maximum Gasteiger partial charge on any atom is 0.805 e. The molecule has 0 atom stereocenters. The molecular weight excluding hydrogens is 319 g/mol. The Bertz CT molecular complexity index is 662. The van der Waals surface area contributed by atoms with Crippen molar-refractivity contribution in [3.63, 3.8) is 0 Å². The van der Waals surface area contributed by atoms with Gasteiger partial charge in [0.05, 0.1) is 0 Å². The van der Waals surface area contributed by atoms with Crippen molar-refractivity contribution in [2.75, 3.05) is 0 Å². The van der Waals surface area contributed by atoms with E-state index < -0.39 is 8.25 Å². The number of aryl methyl sites for hydroxylation is 2. The van der Waals surface area contributed by atoms with Crippen molar-refractivity contribution in [2.45, 2.75) is 13.8 Å². The lowest BCUT2D eigenvalue weighted by atomic mass is 10.2. The highest BCUT2D eigenvalue weighted by atomic mass is 31.1. The molecule has 0 spiro atoms. The Morgan fingerprint density at radius 3 is 1.17 bits per heavy atom. The summed E-state index contributed by atoms with van der Waals surface area (Å²) in [5, 5.41) is 0. The summed E-state index contributed by atoms with van der Waals surface area (Å²) >= 11 is 0. The van der Waals surface area contributed by atoms with Crippen molar-refractivity contribution in [1.29, 1.82) is 0 Å². The number of hydrogen-bond donors (Lipinski definition) is 0. The van der Waals surface area contributed by atoms with E-state index in [2.05, 4.69) is 0 Å². The zero-order valence-corrected chi connectivity index (χ0v) is 14.6. The molecule has 4 heteroatoms. The smallest absolute Gasteiger partial charge is 0.222 e. The molecule has 3 aromatic rings. The van der Waals surface area contributed by atoms with Gasteiger partial charge in [0.25, 0.3) is 0 Å². The van der Waals surface area contributed by atoms with Gasteiger partial charge in [-0.25, -0.2) is 9.05 Å². The van der Waals surface area contributed by atoms with Crippen molar-refractivity contribution < 1.29 is 13.6 Å². The predicted molar refractivity (Wildman–Crippen MR) is 97.7 cm³/mol. The third-order valence-corrected chi connectivity index (χ3v) is 3.79. The molecule has 3 rings (SSSR count). The minimum Gasteiger partial charge on any atom is -0.222 e. The Morgan fingerprint density at radius 2 is 0.875 bits per heavy atom. The first-order chi connectivity index (χ1) is 11.6. The van der Waals surface area contributed by atoms with Gasteiger partial charge in [-0.2, -0.15) is 0 Å². The molecule has 3 aromatic carbocycles.